The van der Waals surface area contributed by atoms with Gasteiger partial charge in [-0.15, -0.1) is 12.3 Å². The highest BCUT2D eigenvalue weighted by Crippen LogP contribution is 2.19. The number of carbonyl (C=O) groups excluding carboxylic acids is 1. The van der Waals surface area contributed by atoms with Gasteiger partial charge in [0.1, 0.15) is 5.60 Å². The Morgan fingerprint density at radius 3 is 2.52 bits per heavy atom. The van der Waals surface area contributed by atoms with Crippen LogP contribution in [0.25, 0.3) is 0 Å². The van der Waals surface area contributed by atoms with Crippen LogP contribution in [-0.2, 0) is 4.74 Å². The number of nitrogens with zero attached hydrogens (tertiary/aromatic N) is 1. The van der Waals surface area contributed by atoms with Crippen LogP contribution in [0.15, 0.2) is 0 Å². The molecular formula is C17H30N2O2. The van der Waals surface area contributed by atoms with Gasteiger partial charge >= 0.3 is 6.09 Å². The second kappa shape index (κ2) is 8.29. The first-order chi connectivity index (χ1) is 9.85. The average Bonchev–Trinajstić information content (AvgIpc) is 2.42. The van der Waals surface area contributed by atoms with E-state index < -0.39 is 5.60 Å². The Kier molecular flexibility index (Phi) is 7.04. The Morgan fingerprint density at radius 1 is 1.43 bits per heavy atom. The van der Waals surface area contributed by atoms with E-state index in [1.165, 1.54) is 0 Å². The van der Waals surface area contributed by atoms with Crippen LogP contribution in [0, 0.1) is 18.3 Å². The monoisotopic (exact) mass is 294 g/mol. The maximum absolute atomic E-state index is 12.0. The molecule has 0 aromatic heterocycles. The lowest BCUT2D eigenvalue weighted by Gasteiger charge is -2.34. The second-order valence-electron chi connectivity index (χ2n) is 6.83. The highest BCUT2D eigenvalue weighted by atomic mass is 16.6. The molecule has 1 unspecified atom stereocenters. The summed E-state index contributed by atoms with van der Waals surface area (Å²) in [7, 11) is 0. The van der Waals surface area contributed by atoms with Gasteiger partial charge in [0.2, 0.25) is 0 Å². The van der Waals surface area contributed by atoms with Crippen molar-refractivity contribution in [3.05, 3.63) is 0 Å². The molecule has 21 heavy (non-hydrogen) atoms. The first kappa shape index (κ1) is 17.8. The van der Waals surface area contributed by atoms with Crippen molar-refractivity contribution in [2.45, 2.75) is 65.0 Å². The molecule has 1 heterocycles. The van der Waals surface area contributed by atoms with Crippen LogP contribution in [0.3, 0.4) is 0 Å². The van der Waals surface area contributed by atoms with E-state index in [9.17, 15) is 4.79 Å². The summed E-state index contributed by atoms with van der Waals surface area (Å²) < 4.78 is 5.41. The molecule has 0 aromatic carbocycles. The minimum Gasteiger partial charge on any atom is -0.444 e. The zero-order valence-electron chi connectivity index (χ0n) is 13.9. The molecule has 1 atom stereocenters. The second-order valence-corrected chi connectivity index (χ2v) is 6.83. The number of piperidine rings is 1. The summed E-state index contributed by atoms with van der Waals surface area (Å²) in [6, 6.07) is 0.416. The molecular weight excluding hydrogens is 264 g/mol. The molecule has 1 N–H and O–H groups in total. The summed E-state index contributed by atoms with van der Waals surface area (Å²) in [6.45, 7) is 10.4. The summed E-state index contributed by atoms with van der Waals surface area (Å²) >= 11 is 0. The smallest absolute Gasteiger partial charge is 0.410 e. The molecule has 1 fully saturated rings. The average molecular weight is 294 g/mol. The third-order valence-electron chi connectivity index (χ3n) is 3.82. The molecule has 4 nitrogen and oxygen atoms in total. The molecule has 1 aliphatic heterocycles. The lowest BCUT2D eigenvalue weighted by molar-refractivity contribution is 0.0183. The van der Waals surface area contributed by atoms with Gasteiger partial charge in [0.15, 0.2) is 0 Å². The van der Waals surface area contributed by atoms with Crippen molar-refractivity contribution >= 4 is 6.09 Å². The Morgan fingerprint density at radius 2 is 2.05 bits per heavy atom. The van der Waals surface area contributed by atoms with Crippen LogP contribution in [0.4, 0.5) is 4.79 Å². The fraction of sp³-hybridized carbons (Fsp3) is 0.824. The van der Waals surface area contributed by atoms with Gasteiger partial charge < -0.3 is 15.0 Å². The molecule has 0 bridgehead atoms. The summed E-state index contributed by atoms with van der Waals surface area (Å²) in [5, 5.41) is 3.55. The van der Waals surface area contributed by atoms with Crippen LogP contribution >= 0.6 is 0 Å². The first-order valence-corrected chi connectivity index (χ1v) is 8.00. The highest BCUT2D eigenvalue weighted by molar-refractivity contribution is 5.68. The zero-order chi connectivity index (χ0) is 15.9. The van der Waals surface area contributed by atoms with Crippen molar-refractivity contribution in [2.75, 3.05) is 19.6 Å². The molecule has 120 valence electrons. The standard InChI is InChI=1S/C17H30N2O2/c1-6-8-15(7-2)18-13-14-9-11-19(12-10-14)16(20)21-17(3,4)5/h1,14-15,18H,7-13H2,2-5H3. The summed E-state index contributed by atoms with van der Waals surface area (Å²) in [5.41, 5.74) is -0.418. The van der Waals surface area contributed by atoms with Gasteiger partial charge in [-0.2, -0.15) is 0 Å². The minimum absolute atomic E-state index is 0.187. The molecule has 0 radical (unpaired) electrons. The molecule has 1 rings (SSSR count). The number of nitrogens with one attached hydrogen (secondary N) is 1. The number of amides is 1. The molecule has 1 aliphatic rings. The van der Waals surface area contributed by atoms with Crippen molar-refractivity contribution in [2.24, 2.45) is 5.92 Å². The molecule has 1 amide bonds. The Balaban J connectivity index is 2.29. The van der Waals surface area contributed by atoms with Gasteiger partial charge in [0.05, 0.1) is 0 Å². The maximum atomic E-state index is 12.0. The number of hydrogen-bond donors (Lipinski definition) is 1. The van der Waals surface area contributed by atoms with Gasteiger partial charge in [-0.1, -0.05) is 6.92 Å². The molecule has 1 saturated heterocycles. The van der Waals surface area contributed by atoms with Crippen molar-refractivity contribution in [1.29, 1.82) is 0 Å². The van der Waals surface area contributed by atoms with Crippen molar-refractivity contribution < 1.29 is 9.53 Å². The minimum atomic E-state index is -0.418. The van der Waals surface area contributed by atoms with Crippen molar-refractivity contribution in [3.8, 4) is 12.3 Å². The number of terminal acetylenes is 1. The highest BCUT2D eigenvalue weighted by Gasteiger charge is 2.26. The van der Waals surface area contributed by atoms with Gasteiger partial charge in [0.25, 0.3) is 0 Å². The molecule has 0 aliphatic carbocycles. The molecule has 0 aromatic rings. The summed E-state index contributed by atoms with van der Waals surface area (Å²) in [5.74, 6) is 3.34. The summed E-state index contributed by atoms with van der Waals surface area (Å²) in [4.78, 5) is 13.8. The third kappa shape index (κ3) is 6.86. The Bertz CT molecular complexity index is 360. The van der Waals surface area contributed by atoms with E-state index in [2.05, 4.69) is 18.2 Å². The fourth-order valence-corrected chi connectivity index (χ4v) is 2.48. The van der Waals surface area contributed by atoms with E-state index in [1.807, 2.05) is 25.7 Å². The van der Waals surface area contributed by atoms with Crippen LogP contribution in [-0.4, -0.2) is 42.3 Å². The predicted molar refractivity (Wildman–Crippen MR) is 86.1 cm³/mol. The normalized spacial score (nSPS) is 18.1. The van der Waals surface area contributed by atoms with Crippen LogP contribution < -0.4 is 5.32 Å². The quantitative estimate of drug-likeness (QED) is 0.793. The summed E-state index contributed by atoms with van der Waals surface area (Å²) in [6.07, 6.45) is 9.07. The Hall–Kier alpha value is -1.21. The number of likely N-dealkylation sites (tertiary alicyclic amines) is 1. The van der Waals surface area contributed by atoms with Crippen LogP contribution in [0.5, 0.6) is 0 Å². The van der Waals surface area contributed by atoms with E-state index in [0.29, 0.717) is 12.0 Å². The third-order valence-corrected chi connectivity index (χ3v) is 3.82. The molecule has 0 saturated carbocycles. The van der Waals surface area contributed by atoms with E-state index in [1.54, 1.807) is 0 Å². The molecule has 4 heteroatoms. The topological polar surface area (TPSA) is 41.6 Å². The van der Waals surface area contributed by atoms with Gasteiger partial charge in [-0.25, -0.2) is 4.79 Å². The maximum Gasteiger partial charge on any atom is 0.410 e. The molecule has 0 spiro atoms. The number of carbonyl (C=O) groups is 1. The van der Waals surface area contributed by atoms with E-state index in [0.717, 1.165) is 45.3 Å². The van der Waals surface area contributed by atoms with E-state index >= 15 is 0 Å². The SMILES string of the molecule is C#CCC(CC)NCC1CCN(C(=O)OC(C)(C)C)CC1. The lowest BCUT2D eigenvalue weighted by atomic mass is 9.96. The zero-order valence-corrected chi connectivity index (χ0v) is 13.9. The lowest BCUT2D eigenvalue weighted by Crippen LogP contribution is -2.44. The fourth-order valence-electron chi connectivity index (χ4n) is 2.48. The number of hydrogen-bond acceptors (Lipinski definition) is 3. The van der Waals surface area contributed by atoms with Crippen molar-refractivity contribution in [3.63, 3.8) is 0 Å². The van der Waals surface area contributed by atoms with Crippen molar-refractivity contribution in [1.82, 2.24) is 10.2 Å². The number of ether oxygens (including phenoxy) is 1. The largest absolute Gasteiger partial charge is 0.444 e. The van der Waals surface area contributed by atoms with E-state index in [-0.39, 0.29) is 6.09 Å². The predicted octanol–water partition coefficient (Wildman–Crippen LogP) is 3.03. The Labute approximate surface area is 129 Å². The van der Waals surface area contributed by atoms with Gasteiger partial charge in [-0.05, 0) is 52.5 Å². The first-order valence-electron chi connectivity index (χ1n) is 8.00. The van der Waals surface area contributed by atoms with Gasteiger partial charge in [0, 0.05) is 25.6 Å². The van der Waals surface area contributed by atoms with E-state index in [4.69, 9.17) is 11.2 Å². The number of rotatable bonds is 5. The van der Waals surface area contributed by atoms with Crippen LogP contribution in [0.2, 0.25) is 0 Å². The van der Waals surface area contributed by atoms with Crippen LogP contribution in [0.1, 0.15) is 53.4 Å². The van der Waals surface area contributed by atoms with Gasteiger partial charge in [-0.3, -0.25) is 0 Å².